The number of carbonyl (C=O) groups is 2. The third-order valence-corrected chi connectivity index (χ3v) is 5.59. The van der Waals surface area contributed by atoms with Gasteiger partial charge in [0.25, 0.3) is 11.6 Å². The first kappa shape index (κ1) is 21.8. The second kappa shape index (κ2) is 9.35. The zero-order valence-electron chi connectivity index (χ0n) is 17.9. The number of nitrogens with zero attached hydrogens (tertiary/aromatic N) is 2. The highest BCUT2D eigenvalue weighted by atomic mass is 16.6. The van der Waals surface area contributed by atoms with Crippen LogP contribution in [-0.2, 0) is 11.3 Å². The summed E-state index contributed by atoms with van der Waals surface area (Å²) in [7, 11) is 1.40. The molecule has 0 bridgehead atoms. The van der Waals surface area contributed by atoms with Crippen molar-refractivity contribution in [2.75, 3.05) is 19.0 Å². The van der Waals surface area contributed by atoms with Crippen molar-refractivity contribution in [2.24, 2.45) is 0 Å². The molecule has 2 N–H and O–H groups in total. The number of nitrogens with one attached hydrogen (secondary N) is 2. The summed E-state index contributed by atoms with van der Waals surface area (Å²) in [5.74, 6) is -0.0235. The molecule has 168 valence electrons. The number of methoxy groups -OCH3 is 1. The van der Waals surface area contributed by atoms with E-state index in [-0.39, 0.29) is 29.8 Å². The summed E-state index contributed by atoms with van der Waals surface area (Å²) in [6.45, 7) is 0.786. The molecule has 2 aromatic rings. The van der Waals surface area contributed by atoms with Gasteiger partial charge < -0.3 is 15.4 Å². The van der Waals surface area contributed by atoms with Gasteiger partial charge >= 0.3 is 0 Å². The molecule has 0 atom stereocenters. The van der Waals surface area contributed by atoms with E-state index in [2.05, 4.69) is 15.5 Å². The van der Waals surface area contributed by atoms with Crippen LogP contribution >= 0.6 is 0 Å². The van der Waals surface area contributed by atoms with Crippen LogP contribution in [-0.4, -0.2) is 47.4 Å². The lowest BCUT2D eigenvalue weighted by Gasteiger charge is -2.22. The fourth-order valence-corrected chi connectivity index (χ4v) is 3.52. The molecule has 2 amide bonds. The topological polar surface area (TPSA) is 114 Å². The van der Waals surface area contributed by atoms with Gasteiger partial charge in [-0.05, 0) is 49.4 Å². The minimum Gasteiger partial charge on any atom is -0.494 e. The van der Waals surface area contributed by atoms with Crippen molar-refractivity contribution in [3.8, 4) is 5.75 Å². The Morgan fingerprint density at radius 3 is 2.44 bits per heavy atom. The van der Waals surface area contributed by atoms with Crippen molar-refractivity contribution < 1.29 is 19.2 Å². The fraction of sp³-hybridized carbons (Fsp3) is 0.391. The molecule has 2 aliphatic carbocycles. The molecule has 2 aromatic carbocycles. The monoisotopic (exact) mass is 438 g/mol. The molecule has 0 aromatic heterocycles. The van der Waals surface area contributed by atoms with Crippen molar-refractivity contribution in [3.05, 3.63) is 63.7 Å². The maximum absolute atomic E-state index is 12.7. The summed E-state index contributed by atoms with van der Waals surface area (Å²) >= 11 is 0. The Kier molecular flexibility index (Phi) is 6.36. The number of nitro benzene ring substituents is 1. The predicted octanol–water partition coefficient (Wildman–Crippen LogP) is 3.10. The minimum atomic E-state index is -0.510. The Labute approximate surface area is 185 Å². The zero-order valence-corrected chi connectivity index (χ0v) is 17.9. The molecular weight excluding hydrogens is 412 g/mol. The average Bonchev–Trinajstić information content (AvgIpc) is 3.68. The first-order chi connectivity index (χ1) is 15.4. The van der Waals surface area contributed by atoms with Crippen LogP contribution in [0.1, 0.15) is 41.6 Å². The highest BCUT2D eigenvalue weighted by molar-refractivity contribution is 5.95. The molecule has 0 spiro atoms. The normalized spacial score (nSPS) is 15.3. The Morgan fingerprint density at radius 2 is 1.84 bits per heavy atom. The summed E-state index contributed by atoms with van der Waals surface area (Å²) in [4.78, 5) is 37.4. The number of non-ortho nitro benzene ring substituents is 1. The quantitative estimate of drug-likeness (QED) is 0.435. The van der Waals surface area contributed by atoms with E-state index in [9.17, 15) is 19.7 Å². The van der Waals surface area contributed by atoms with E-state index < -0.39 is 4.92 Å². The first-order valence-electron chi connectivity index (χ1n) is 10.7. The maximum atomic E-state index is 12.7. The highest BCUT2D eigenvalue weighted by Gasteiger charge is 2.30. The number of amides is 2. The number of rotatable bonds is 10. The number of anilines is 1. The van der Waals surface area contributed by atoms with Gasteiger partial charge in [-0.25, -0.2) is 0 Å². The molecule has 32 heavy (non-hydrogen) atoms. The molecule has 0 radical (unpaired) electrons. The summed E-state index contributed by atoms with van der Waals surface area (Å²) in [6, 6.07) is 12.2. The second-order valence-corrected chi connectivity index (χ2v) is 8.27. The molecular formula is C23H26N4O5. The van der Waals surface area contributed by atoms with E-state index in [1.165, 1.54) is 25.3 Å². The van der Waals surface area contributed by atoms with Crippen LogP contribution in [0.3, 0.4) is 0 Å². The number of nitro groups is 1. The third-order valence-electron chi connectivity index (χ3n) is 5.59. The Balaban J connectivity index is 1.37. The molecule has 2 aliphatic rings. The fourth-order valence-electron chi connectivity index (χ4n) is 3.52. The van der Waals surface area contributed by atoms with Gasteiger partial charge in [-0.15, -0.1) is 0 Å². The molecule has 9 nitrogen and oxygen atoms in total. The van der Waals surface area contributed by atoms with Crippen molar-refractivity contribution in [3.63, 3.8) is 0 Å². The number of ether oxygens (including phenoxy) is 1. The minimum absolute atomic E-state index is 0.0467. The third kappa shape index (κ3) is 5.61. The second-order valence-electron chi connectivity index (χ2n) is 8.27. The number of benzene rings is 2. The molecule has 0 aliphatic heterocycles. The van der Waals surface area contributed by atoms with Gasteiger partial charge in [-0.2, -0.15) is 0 Å². The van der Waals surface area contributed by atoms with Crippen molar-refractivity contribution in [2.45, 2.75) is 44.3 Å². The smallest absolute Gasteiger partial charge is 0.273 e. The number of hydrogen-bond acceptors (Lipinski definition) is 6. The molecule has 0 heterocycles. The summed E-state index contributed by atoms with van der Waals surface area (Å²) < 4.78 is 5.19. The zero-order chi connectivity index (χ0) is 22.7. The van der Waals surface area contributed by atoms with E-state index >= 15 is 0 Å². The van der Waals surface area contributed by atoms with Crippen molar-refractivity contribution >= 4 is 23.2 Å². The van der Waals surface area contributed by atoms with E-state index in [1.807, 2.05) is 24.3 Å². The molecule has 2 saturated carbocycles. The molecule has 0 unspecified atom stereocenters. The van der Waals surface area contributed by atoms with Crippen LogP contribution < -0.4 is 15.4 Å². The molecule has 9 heteroatoms. The Morgan fingerprint density at radius 1 is 1.12 bits per heavy atom. The SMILES string of the molecule is COc1cc([N+](=O)[O-])ccc1NC(=O)CN(Cc1ccc(C(=O)NC2CC2)cc1)C1CC1. The van der Waals surface area contributed by atoms with Crippen LogP contribution in [0, 0.1) is 10.1 Å². The maximum Gasteiger partial charge on any atom is 0.273 e. The summed E-state index contributed by atoms with van der Waals surface area (Å²) in [5, 5.41) is 16.7. The number of hydrogen-bond donors (Lipinski definition) is 2. The van der Waals surface area contributed by atoms with Crippen LogP contribution in [0.15, 0.2) is 42.5 Å². The van der Waals surface area contributed by atoms with Crippen LogP contribution in [0.5, 0.6) is 5.75 Å². The lowest BCUT2D eigenvalue weighted by Crippen LogP contribution is -2.34. The first-order valence-corrected chi connectivity index (χ1v) is 10.7. The van der Waals surface area contributed by atoms with E-state index in [0.717, 1.165) is 31.2 Å². The molecule has 2 fully saturated rings. The lowest BCUT2D eigenvalue weighted by molar-refractivity contribution is -0.384. The van der Waals surface area contributed by atoms with E-state index in [4.69, 9.17) is 4.74 Å². The van der Waals surface area contributed by atoms with Gasteiger partial charge in [-0.3, -0.25) is 24.6 Å². The van der Waals surface area contributed by atoms with Crippen LogP contribution in [0.2, 0.25) is 0 Å². The van der Waals surface area contributed by atoms with Gasteiger partial charge in [0.2, 0.25) is 5.91 Å². The largest absolute Gasteiger partial charge is 0.494 e. The Hall–Kier alpha value is -3.46. The Bertz CT molecular complexity index is 1020. The standard InChI is InChI=1S/C23H26N4O5/c1-32-21-12-19(27(30)31)10-11-20(21)25-22(28)14-26(18-8-9-18)13-15-2-4-16(5-3-15)23(29)24-17-6-7-17/h2-5,10-12,17-18H,6-9,13-14H2,1H3,(H,24,29)(H,25,28). The summed E-state index contributed by atoms with van der Waals surface area (Å²) in [5.41, 5.74) is 1.96. The van der Waals surface area contributed by atoms with Crippen molar-refractivity contribution in [1.29, 1.82) is 0 Å². The molecule has 0 saturated heterocycles. The van der Waals surface area contributed by atoms with Gasteiger partial charge in [0.1, 0.15) is 5.75 Å². The number of carbonyl (C=O) groups excluding carboxylic acids is 2. The highest BCUT2D eigenvalue weighted by Crippen LogP contribution is 2.30. The van der Waals surface area contributed by atoms with Crippen LogP contribution in [0.4, 0.5) is 11.4 Å². The molecule has 4 rings (SSSR count). The van der Waals surface area contributed by atoms with E-state index in [0.29, 0.717) is 29.9 Å². The van der Waals surface area contributed by atoms with Gasteiger partial charge in [-0.1, -0.05) is 12.1 Å². The van der Waals surface area contributed by atoms with Gasteiger partial charge in [0.05, 0.1) is 30.3 Å². The average molecular weight is 438 g/mol. The van der Waals surface area contributed by atoms with E-state index in [1.54, 1.807) is 0 Å². The lowest BCUT2D eigenvalue weighted by atomic mass is 10.1. The summed E-state index contributed by atoms with van der Waals surface area (Å²) in [6.07, 6.45) is 4.17. The van der Waals surface area contributed by atoms with Gasteiger partial charge in [0.15, 0.2) is 0 Å². The van der Waals surface area contributed by atoms with Crippen LogP contribution in [0.25, 0.3) is 0 Å². The predicted molar refractivity (Wildman–Crippen MR) is 119 cm³/mol. The van der Waals surface area contributed by atoms with Gasteiger partial charge in [0, 0.05) is 30.3 Å². The van der Waals surface area contributed by atoms with Crippen molar-refractivity contribution in [1.82, 2.24) is 10.2 Å².